The van der Waals surface area contributed by atoms with Crippen molar-refractivity contribution < 1.29 is 9.59 Å². The van der Waals surface area contributed by atoms with Gasteiger partial charge in [0.2, 0.25) is 11.8 Å². The molecule has 1 N–H and O–H groups in total. The molecule has 1 aliphatic heterocycles. The summed E-state index contributed by atoms with van der Waals surface area (Å²) >= 11 is 7.57. The van der Waals surface area contributed by atoms with E-state index >= 15 is 0 Å². The van der Waals surface area contributed by atoms with Gasteiger partial charge < -0.3 is 5.32 Å². The first-order valence-corrected chi connectivity index (χ1v) is 10.4. The van der Waals surface area contributed by atoms with Crippen molar-refractivity contribution in [2.75, 3.05) is 10.7 Å². The van der Waals surface area contributed by atoms with Gasteiger partial charge in [0.25, 0.3) is 0 Å². The summed E-state index contributed by atoms with van der Waals surface area (Å²) in [6, 6.07) is 16.4. The van der Waals surface area contributed by atoms with Crippen molar-refractivity contribution in [3.05, 3.63) is 65.2 Å². The number of hydrogen-bond acceptors (Lipinski definition) is 4. The van der Waals surface area contributed by atoms with Crippen LogP contribution in [0.2, 0.25) is 5.02 Å². The minimum atomic E-state index is -0.412. The number of hydrogen-bond donors (Lipinski definition) is 1. The topological polar surface area (TPSA) is 61.8 Å². The molecule has 7 heteroatoms. The van der Waals surface area contributed by atoms with Gasteiger partial charge in [-0.1, -0.05) is 53.7 Å². The van der Waals surface area contributed by atoms with Gasteiger partial charge in [-0.15, -0.1) is 0 Å². The van der Waals surface area contributed by atoms with Gasteiger partial charge in [0.15, 0.2) is 5.17 Å². The van der Waals surface area contributed by atoms with Crippen molar-refractivity contribution in [3.8, 4) is 0 Å². The van der Waals surface area contributed by atoms with E-state index in [0.717, 1.165) is 11.3 Å². The van der Waals surface area contributed by atoms with Crippen LogP contribution in [0.25, 0.3) is 0 Å². The summed E-state index contributed by atoms with van der Waals surface area (Å²) in [5.74, 6) is 0.520. The molecule has 0 bridgehead atoms. The van der Waals surface area contributed by atoms with Gasteiger partial charge in [-0.05, 0) is 36.8 Å². The smallest absolute Gasteiger partial charge is 0.235 e. The fourth-order valence-electron chi connectivity index (χ4n) is 2.98. The normalized spacial score (nSPS) is 17.0. The molecule has 2 aromatic rings. The summed E-state index contributed by atoms with van der Waals surface area (Å²) in [6.45, 7) is 3.48. The molecular weight excluding hydrogens is 394 g/mol. The maximum absolute atomic E-state index is 13.3. The second-order valence-electron chi connectivity index (χ2n) is 6.65. The third kappa shape index (κ3) is 5.14. The van der Waals surface area contributed by atoms with Crippen LogP contribution in [0.15, 0.2) is 59.6 Å². The Morgan fingerprint density at radius 3 is 2.46 bits per heavy atom. The lowest BCUT2D eigenvalue weighted by molar-refractivity contribution is -0.121. The fraction of sp³-hybridized carbons (Fsp3) is 0.286. The highest BCUT2D eigenvalue weighted by Gasteiger charge is 2.29. The largest absolute Gasteiger partial charge is 0.349 e. The van der Waals surface area contributed by atoms with E-state index in [-0.39, 0.29) is 24.3 Å². The number of nitrogens with zero attached hydrogens (tertiary/aromatic N) is 2. The summed E-state index contributed by atoms with van der Waals surface area (Å²) in [5.41, 5.74) is 1.60. The minimum absolute atomic E-state index is 0.125. The number of rotatable bonds is 5. The molecule has 0 saturated heterocycles. The third-order valence-corrected chi connectivity index (χ3v) is 5.72. The molecule has 0 saturated carbocycles. The lowest BCUT2D eigenvalue weighted by Crippen LogP contribution is -2.38. The van der Waals surface area contributed by atoms with E-state index in [4.69, 9.17) is 11.6 Å². The maximum atomic E-state index is 13.3. The molecular formula is C21H22ClN3O2S. The van der Waals surface area contributed by atoms with Crippen molar-refractivity contribution in [1.82, 2.24) is 5.32 Å². The Hall–Kier alpha value is -2.31. The standard InChI is InChI=1S/C21H22ClN3O2S/c1-14-13-28-21(23-14)25(18-10-8-17(22)9-11-18)20(27)12-19(24-15(2)26)16-6-4-3-5-7-16/h3-11,14,19H,12-13H2,1-2H3,(H,24,26)/t14-,19-/m1/s1. The number of thioether (sulfide) groups is 1. The van der Waals surface area contributed by atoms with E-state index in [1.165, 1.54) is 6.92 Å². The summed E-state index contributed by atoms with van der Waals surface area (Å²) in [7, 11) is 0. The molecule has 0 aliphatic carbocycles. The van der Waals surface area contributed by atoms with Gasteiger partial charge in [0.1, 0.15) is 0 Å². The van der Waals surface area contributed by atoms with Gasteiger partial charge >= 0.3 is 0 Å². The van der Waals surface area contributed by atoms with Crippen LogP contribution in [0.4, 0.5) is 5.69 Å². The molecule has 146 valence electrons. The highest BCUT2D eigenvalue weighted by Crippen LogP contribution is 2.29. The van der Waals surface area contributed by atoms with Gasteiger partial charge in [0.05, 0.1) is 24.2 Å². The molecule has 2 aromatic carbocycles. The molecule has 2 amide bonds. The van der Waals surface area contributed by atoms with Crippen molar-refractivity contribution in [3.63, 3.8) is 0 Å². The number of aliphatic imine (C=N–C) groups is 1. The number of nitrogens with one attached hydrogen (secondary N) is 1. The predicted octanol–water partition coefficient (Wildman–Crippen LogP) is 4.43. The number of carbonyl (C=O) groups excluding carboxylic acids is 2. The van der Waals surface area contributed by atoms with E-state index in [0.29, 0.717) is 15.9 Å². The van der Waals surface area contributed by atoms with Gasteiger partial charge in [-0.3, -0.25) is 19.5 Å². The molecule has 1 aliphatic rings. The number of amidine groups is 1. The fourth-order valence-corrected chi connectivity index (χ4v) is 4.16. The van der Waals surface area contributed by atoms with E-state index < -0.39 is 6.04 Å². The quantitative estimate of drug-likeness (QED) is 0.785. The second kappa shape index (κ2) is 9.26. The van der Waals surface area contributed by atoms with Crippen LogP contribution in [-0.2, 0) is 9.59 Å². The van der Waals surface area contributed by atoms with E-state index in [1.54, 1.807) is 28.8 Å². The number of halogens is 1. The molecule has 0 spiro atoms. The first kappa shape index (κ1) is 20.4. The molecule has 2 atom stereocenters. The third-order valence-electron chi connectivity index (χ3n) is 4.27. The number of carbonyl (C=O) groups is 2. The van der Waals surface area contributed by atoms with Crippen LogP contribution in [-0.4, -0.2) is 28.8 Å². The SMILES string of the molecule is CC(=O)N[C@H](CC(=O)N(C1=N[C@H](C)CS1)c1ccc(Cl)cc1)c1ccccc1. The van der Waals surface area contributed by atoms with Crippen LogP contribution in [0.3, 0.4) is 0 Å². The number of benzene rings is 2. The van der Waals surface area contributed by atoms with Crippen molar-refractivity contribution in [1.29, 1.82) is 0 Å². The lowest BCUT2D eigenvalue weighted by Gasteiger charge is -2.25. The van der Waals surface area contributed by atoms with Crippen molar-refractivity contribution in [2.45, 2.75) is 32.4 Å². The molecule has 0 aromatic heterocycles. The van der Waals surface area contributed by atoms with Gasteiger partial charge in [-0.25, -0.2) is 0 Å². The molecule has 28 heavy (non-hydrogen) atoms. The molecule has 0 fully saturated rings. The van der Waals surface area contributed by atoms with Crippen LogP contribution in [0, 0.1) is 0 Å². The lowest BCUT2D eigenvalue weighted by atomic mass is 10.0. The molecule has 0 radical (unpaired) electrons. The van der Waals surface area contributed by atoms with Crippen molar-refractivity contribution in [2.24, 2.45) is 4.99 Å². The monoisotopic (exact) mass is 415 g/mol. The van der Waals surface area contributed by atoms with E-state index in [9.17, 15) is 9.59 Å². The maximum Gasteiger partial charge on any atom is 0.235 e. The summed E-state index contributed by atoms with van der Waals surface area (Å²) in [5, 5.41) is 4.17. The average molecular weight is 416 g/mol. The first-order valence-electron chi connectivity index (χ1n) is 9.05. The van der Waals surface area contributed by atoms with E-state index in [1.807, 2.05) is 49.4 Å². The Labute approximate surface area is 174 Å². The Balaban J connectivity index is 1.90. The van der Waals surface area contributed by atoms with Crippen LogP contribution in [0.1, 0.15) is 31.9 Å². The molecule has 0 unspecified atom stereocenters. The molecule has 1 heterocycles. The zero-order chi connectivity index (χ0) is 20.1. The Bertz CT molecular complexity index is 871. The number of amides is 2. The van der Waals surface area contributed by atoms with E-state index in [2.05, 4.69) is 10.3 Å². The number of anilines is 1. The Morgan fingerprint density at radius 1 is 1.21 bits per heavy atom. The highest BCUT2D eigenvalue weighted by molar-refractivity contribution is 8.14. The van der Waals surface area contributed by atoms with Crippen LogP contribution >= 0.6 is 23.4 Å². The molecule has 5 nitrogen and oxygen atoms in total. The summed E-state index contributed by atoms with van der Waals surface area (Å²) in [4.78, 5) is 31.3. The van der Waals surface area contributed by atoms with Crippen molar-refractivity contribution >= 4 is 46.0 Å². The average Bonchev–Trinajstić information content (AvgIpc) is 3.09. The van der Waals surface area contributed by atoms with Gasteiger partial charge in [-0.2, -0.15) is 0 Å². The Kier molecular flexibility index (Phi) is 6.75. The van der Waals surface area contributed by atoms with Crippen LogP contribution in [0.5, 0.6) is 0 Å². The summed E-state index contributed by atoms with van der Waals surface area (Å²) in [6.07, 6.45) is 0.125. The Morgan fingerprint density at radius 2 is 1.89 bits per heavy atom. The first-order chi connectivity index (χ1) is 13.4. The second-order valence-corrected chi connectivity index (χ2v) is 8.07. The minimum Gasteiger partial charge on any atom is -0.349 e. The van der Waals surface area contributed by atoms with Gasteiger partial charge in [0, 0.05) is 17.7 Å². The van der Waals surface area contributed by atoms with Crippen LogP contribution < -0.4 is 10.2 Å². The predicted molar refractivity (Wildman–Crippen MR) is 116 cm³/mol. The summed E-state index contributed by atoms with van der Waals surface area (Å²) < 4.78 is 0. The zero-order valence-corrected chi connectivity index (χ0v) is 17.3. The highest BCUT2D eigenvalue weighted by atomic mass is 35.5. The zero-order valence-electron chi connectivity index (χ0n) is 15.8. The molecule has 3 rings (SSSR count).